The third-order valence-electron chi connectivity index (χ3n) is 1.34. The summed E-state index contributed by atoms with van der Waals surface area (Å²) < 4.78 is 0. The van der Waals surface area contributed by atoms with E-state index in [2.05, 4.69) is 0 Å². The summed E-state index contributed by atoms with van der Waals surface area (Å²) in [5.41, 5.74) is 0.262. The van der Waals surface area contributed by atoms with Crippen molar-refractivity contribution in [3.63, 3.8) is 0 Å². The average Bonchev–Trinajstić information content (AvgIpc) is 1.94. The molecule has 1 rings (SSSR count). The van der Waals surface area contributed by atoms with Gasteiger partial charge in [0.2, 0.25) is 0 Å². The zero-order chi connectivity index (χ0) is 8.43. The Kier molecular flexibility index (Phi) is 4.07. The molecule has 2 nitrogen and oxygen atoms in total. The molecule has 0 saturated heterocycles. The maximum Gasteiger partial charge on any atom is 0.163 e. The first kappa shape index (κ1) is 11.3. The van der Waals surface area contributed by atoms with Crippen molar-refractivity contribution in [2.45, 2.75) is 6.92 Å². The van der Waals surface area contributed by atoms with E-state index in [0.29, 0.717) is 5.02 Å². The molecule has 0 heterocycles. The standard InChI is InChI=1S/C8H7ClO2.ClH/c1-5(10)7-4-6(9)2-3-8(7)11;/h2-4,11H,1H3;1H. The molecular formula is C8H8Cl2O2. The van der Waals surface area contributed by atoms with Crippen LogP contribution in [-0.4, -0.2) is 10.9 Å². The summed E-state index contributed by atoms with van der Waals surface area (Å²) in [5, 5.41) is 9.58. The van der Waals surface area contributed by atoms with Gasteiger partial charge >= 0.3 is 0 Å². The smallest absolute Gasteiger partial charge is 0.163 e. The van der Waals surface area contributed by atoms with Gasteiger partial charge < -0.3 is 5.11 Å². The Hall–Kier alpha value is -0.730. The van der Waals surface area contributed by atoms with E-state index in [9.17, 15) is 4.79 Å². The van der Waals surface area contributed by atoms with Crippen molar-refractivity contribution in [2.24, 2.45) is 0 Å². The molecule has 1 aromatic carbocycles. The van der Waals surface area contributed by atoms with Gasteiger partial charge in [-0.05, 0) is 25.1 Å². The maximum atomic E-state index is 10.8. The number of halogens is 2. The molecule has 1 aromatic rings. The van der Waals surface area contributed by atoms with Crippen LogP contribution in [0.3, 0.4) is 0 Å². The van der Waals surface area contributed by atoms with Crippen LogP contribution in [0, 0.1) is 0 Å². The van der Waals surface area contributed by atoms with E-state index < -0.39 is 0 Å². The quantitative estimate of drug-likeness (QED) is 0.718. The van der Waals surface area contributed by atoms with Gasteiger partial charge in [0.15, 0.2) is 5.78 Å². The van der Waals surface area contributed by atoms with E-state index in [-0.39, 0.29) is 29.5 Å². The molecule has 0 atom stereocenters. The van der Waals surface area contributed by atoms with E-state index in [0.717, 1.165) is 0 Å². The monoisotopic (exact) mass is 206 g/mol. The lowest BCUT2D eigenvalue weighted by atomic mass is 10.1. The number of phenols is 1. The number of ketones is 1. The summed E-state index contributed by atoms with van der Waals surface area (Å²) in [4.78, 5) is 10.8. The van der Waals surface area contributed by atoms with Crippen LogP contribution in [0.25, 0.3) is 0 Å². The minimum atomic E-state index is -0.190. The molecule has 0 aliphatic carbocycles. The molecule has 0 bridgehead atoms. The molecule has 0 amide bonds. The van der Waals surface area contributed by atoms with Gasteiger partial charge in [-0.3, -0.25) is 4.79 Å². The van der Waals surface area contributed by atoms with Crippen LogP contribution < -0.4 is 0 Å². The lowest BCUT2D eigenvalue weighted by molar-refractivity contribution is 0.101. The van der Waals surface area contributed by atoms with Gasteiger partial charge in [-0.2, -0.15) is 0 Å². The molecule has 0 radical (unpaired) electrons. The fourth-order valence-electron chi connectivity index (χ4n) is 0.790. The summed E-state index contributed by atoms with van der Waals surface area (Å²) in [7, 11) is 0. The molecular weight excluding hydrogens is 199 g/mol. The Labute approximate surface area is 81.6 Å². The van der Waals surface area contributed by atoms with Gasteiger partial charge in [0.05, 0.1) is 5.56 Å². The zero-order valence-corrected chi connectivity index (χ0v) is 7.95. The lowest BCUT2D eigenvalue weighted by Gasteiger charge is -1.99. The minimum absolute atomic E-state index is 0. The van der Waals surface area contributed by atoms with Crippen LogP contribution in [0.1, 0.15) is 17.3 Å². The van der Waals surface area contributed by atoms with E-state index in [1.165, 1.54) is 25.1 Å². The Morgan fingerprint density at radius 2 is 2.08 bits per heavy atom. The van der Waals surface area contributed by atoms with Crippen LogP contribution in [-0.2, 0) is 0 Å². The number of rotatable bonds is 1. The third-order valence-corrected chi connectivity index (χ3v) is 1.57. The summed E-state index contributed by atoms with van der Waals surface area (Å²) in [6.07, 6.45) is 0. The molecule has 1 N–H and O–H groups in total. The van der Waals surface area contributed by atoms with E-state index >= 15 is 0 Å². The molecule has 0 aliphatic heterocycles. The van der Waals surface area contributed by atoms with Crippen molar-refractivity contribution < 1.29 is 9.90 Å². The summed E-state index contributed by atoms with van der Waals surface area (Å²) >= 11 is 5.60. The second kappa shape index (κ2) is 4.33. The zero-order valence-electron chi connectivity index (χ0n) is 6.37. The van der Waals surface area contributed by atoms with Crippen molar-refractivity contribution in [2.75, 3.05) is 0 Å². The van der Waals surface area contributed by atoms with Crippen LogP contribution >= 0.6 is 24.0 Å². The highest BCUT2D eigenvalue weighted by molar-refractivity contribution is 6.31. The van der Waals surface area contributed by atoms with Crippen LogP contribution in [0.5, 0.6) is 5.75 Å². The van der Waals surface area contributed by atoms with E-state index in [1.807, 2.05) is 0 Å². The molecule has 0 aliphatic rings. The number of carbonyl (C=O) groups excluding carboxylic acids is 1. The van der Waals surface area contributed by atoms with Crippen LogP contribution in [0.4, 0.5) is 0 Å². The SMILES string of the molecule is CC(=O)c1cc(Cl)ccc1O.Cl. The number of carbonyl (C=O) groups is 1. The van der Waals surface area contributed by atoms with Crippen LogP contribution in [0.15, 0.2) is 18.2 Å². The number of benzene rings is 1. The topological polar surface area (TPSA) is 37.3 Å². The molecule has 0 saturated carbocycles. The molecule has 12 heavy (non-hydrogen) atoms. The fraction of sp³-hybridized carbons (Fsp3) is 0.125. The highest BCUT2D eigenvalue weighted by Crippen LogP contribution is 2.21. The minimum Gasteiger partial charge on any atom is -0.507 e. The predicted molar refractivity (Wildman–Crippen MR) is 50.4 cm³/mol. The first-order chi connectivity index (χ1) is 5.11. The van der Waals surface area contributed by atoms with Gasteiger partial charge in [-0.1, -0.05) is 11.6 Å². The third kappa shape index (κ3) is 2.40. The fourth-order valence-corrected chi connectivity index (χ4v) is 0.962. The van der Waals surface area contributed by atoms with Gasteiger partial charge in [0, 0.05) is 5.02 Å². The number of hydrogen-bond acceptors (Lipinski definition) is 2. The summed E-state index contributed by atoms with van der Waals surface area (Å²) in [6, 6.07) is 4.38. The van der Waals surface area contributed by atoms with Crippen molar-refractivity contribution in [1.29, 1.82) is 0 Å². The van der Waals surface area contributed by atoms with Crippen molar-refractivity contribution in [1.82, 2.24) is 0 Å². The van der Waals surface area contributed by atoms with E-state index in [4.69, 9.17) is 16.7 Å². The molecule has 0 aromatic heterocycles. The Morgan fingerprint density at radius 3 is 2.50 bits per heavy atom. The Morgan fingerprint density at radius 1 is 1.50 bits per heavy atom. The maximum absolute atomic E-state index is 10.8. The van der Waals surface area contributed by atoms with Crippen molar-refractivity contribution in [3.8, 4) is 5.75 Å². The second-order valence-electron chi connectivity index (χ2n) is 2.22. The molecule has 66 valence electrons. The molecule has 0 unspecified atom stereocenters. The average molecular weight is 207 g/mol. The largest absolute Gasteiger partial charge is 0.507 e. The van der Waals surface area contributed by atoms with E-state index in [1.54, 1.807) is 0 Å². The molecule has 0 spiro atoms. The van der Waals surface area contributed by atoms with Gasteiger partial charge in [0.1, 0.15) is 5.75 Å². The molecule has 0 fully saturated rings. The van der Waals surface area contributed by atoms with Crippen molar-refractivity contribution in [3.05, 3.63) is 28.8 Å². The first-order valence-corrected chi connectivity index (χ1v) is 3.48. The second-order valence-corrected chi connectivity index (χ2v) is 2.65. The lowest BCUT2D eigenvalue weighted by Crippen LogP contribution is -1.91. The Balaban J connectivity index is 0.00000121. The molecule has 4 heteroatoms. The Bertz CT molecular complexity index is 297. The predicted octanol–water partition coefficient (Wildman–Crippen LogP) is 2.67. The normalized spacial score (nSPS) is 8.83. The first-order valence-electron chi connectivity index (χ1n) is 3.10. The number of Topliss-reactive ketones (excluding diaryl/α,β-unsaturated/α-hetero) is 1. The van der Waals surface area contributed by atoms with Crippen LogP contribution in [0.2, 0.25) is 5.02 Å². The number of aromatic hydroxyl groups is 1. The number of phenolic OH excluding ortho intramolecular Hbond substituents is 1. The van der Waals surface area contributed by atoms with Gasteiger partial charge in [0.25, 0.3) is 0 Å². The summed E-state index contributed by atoms with van der Waals surface area (Å²) in [6.45, 7) is 1.38. The number of hydrogen-bond donors (Lipinski definition) is 1. The summed E-state index contributed by atoms with van der Waals surface area (Å²) in [5.74, 6) is -0.216. The highest BCUT2D eigenvalue weighted by atomic mass is 35.5. The van der Waals surface area contributed by atoms with Gasteiger partial charge in [-0.25, -0.2) is 0 Å². The van der Waals surface area contributed by atoms with Crippen molar-refractivity contribution >= 4 is 29.8 Å². The highest BCUT2D eigenvalue weighted by Gasteiger charge is 2.05. The van der Waals surface area contributed by atoms with Gasteiger partial charge in [-0.15, -0.1) is 12.4 Å².